The first-order valence-electron chi connectivity index (χ1n) is 8.67. The minimum Gasteiger partial charge on any atom is -0.490 e. The molecule has 0 aromatic heterocycles. The van der Waals surface area contributed by atoms with Gasteiger partial charge < -0.3 is 19.1 Å². The molecule has 1 saturated heterocycles. The molecule has 26 heavy (non-hydrogen) atoms. The second-order valence-corrected chi connectivity index (χ2v) is 5.92. The monoisotopic (exact) mass is 359 g/mol. The summed E-state index contributed by atoms with van der Waals surface area (Å²) in [5, 5.41) is 0. The lowest BCUT2D eigenvalue weighted by Gasteiger charge is -2.33. The highest BCUT2D eigenvalue weighted by molar-refractivity contribution is 5.78. The van der Waals surface area contributed by atoms with Crippen LogP contribution in [-0.4, -0.2) is 43.7 Å². The second kappa shape index (κ2) is 8.67. The van der Waals surface area contributed by atoms with Crippen LogP contribution in [-0.2, 0) is 9.53 Å². The number of benzene rings is 2. The van der Waals surface area contributed by atoms with Crippen molar-refractivity contribution in [1.29, 1.82) is 0 Å². The smallest absolute Gasteiger partial charge is 0.260 e. The van der Waals surface area contributed by atoms with Gasteiger partial charge in [-0.2, -0.15) is 0 Å². The van der Waals surface area contributed by atoms with Crippen molar-refractivity contribution in [3.05, 3.63) is 59.9 Å². The van der Waals surface area contributed by atoms with E-state index in [2.05, 4.69) is 0 Å². The van der Waals surface area contributed by atoms with E-state index in [-0.39, 0.29) is 24.4 Å². The number of carbonyl (C=O) groups excluding carboxylic acids is 1. The van der Waals surface area contributed by atoms with E-state index in [0.717, 1.165) is 5.56 Å². The second-order valence-electron chi connectivity index (χ2n) is 5.92. The minimum absolute atomic E-state index is 0.0692. The first-order chi connectivity index (χ1) is 12.7. The average molecular weight is 359 g/mol. The van der Waals surface area contributed by atoms with E-state index in [0.29, 0.717) is 37.8 Å². The predicted molar refractivity (Wildman–Crippen MR) is 94.8 cm³/mol. The standard InChI is InChI=1S/C20H22FNO4/c1-2-24-17-5-3-4-6-18(17)26-14-20(23)22-11-12-25-19(13-22)15-7-9-16(21)10-8-15/h3-10,19H,2,11-14H2,1H3. The van der Waals surface area contributed by atoms with E-state index in [1.165, 1.54) is 12.1 Å². The number of rotatable bonds is 6. The van der Waals surface area contributed by atoms with Gasteiger partial charge in [0.15, 0.2) is 18.1 Å². The summed E-state index contributed by atoms with van der Waals surface area (Å²) in [5.41, 5.74) is 0.853. The maximum absolute atomic E-state index is 13.1. The van der Waals surface area contributed by atoms with Crippen LogP contribution in [0, 0.1) is 5.82 Å². The zero-order valence-electron chi connectivity index (χ0n) is 14.7. The number of nitrogens with zero attached hydrogens (tertiary/aromatic N) is 1. The first-order valence-corrected chi connectivity index (χ1v) is 8.67. The molecular weight excluding hydrogens is 337 g/mol. The van der Waals surface area contributed by atoms with Gasteiger partial charge in [-0.05, 0) is 36.8 Å². The van der Waals surface area contributed by atoms with Gasteiger partial charge in [0, 0.05) is 6.54 Å². The van der Waals surface area contributed by atoms with Crippen molar-refractivity contribution in [2.24, 2.45) is 0 Å². The molecule has 0 bridgehead atoms. The van der Waals surface area contributed by atoms with Crippen LogP contribution in [0.3, 0.4) is 0 Å². The van der Waals surface area contributed by atoms with Gasteiger partial charge in [0.2, 0.25) is 0 Å². The van der Waals surface area contributed by atoms with Crippen molar-refractivity contribution in [1.82, 2.24) is 4.90 Å². The average Bonchev–Trinajstić information content (AvgIpc) is 2.68. The molecule has 6 heteroatoms. The van der Waals surface area contributed by atoms with Gasteiger partial charge in [-0.1, -0.05) is 24.3 Å². The van der Waals surface area contributed by atoms with Crippen molar-refractivity contribution in [2.75, 3.05) is 32.9 Å². The number of carbonyl (C=O) groups is 1. The van der Waals surface area contributed by atoms with Crippen LogP contribution < -0.4 is 9.47 Å². The Labute approximate surface area is 152 Å². The molecule has 1 aliphatic rings. The van der Waals surface area contributed by atoms with Crippen LogP contribution in [0.15, 0.2) is 48.5 Å². The largest absolute Gasteiger partial charge is 0.490 e. The third kappa shape index (κ3) is 4.52. The van der Waals surface area contributed by atoms with Gasteiger partial charge in [-0.15, -0.1) is 0 Å². The summed E-state index contributed by atoms with van der Waals surface area (Å²) in [6.07, 6.45) is -0.260. The molecule has 3 rings (SSSR count). The molecule has 0 saturated carbocycles. The summed E-state index contributed by atoms with van der Waals surface area (Å²) in [7, 11) is 0. The van der Waals surface area contributed by atoms with Crippen molar-refractivity contribution in [2.45, 2.75) is 13.0 Å². The molecule has 2 aromatic carbocycles. The number of hydrogen-bond acceptors (Lipinski definition) is 4. The molecular formula is C20H22FNO4. The molecule has 2 aromatic rings. The van der Waals surface area contributed by atoms with Crippen molar-refractivity contribution in [3.8, 4) is 11.5 Å². The van der Waals surface area contributed by atoms with Crippen LogP contribution in [0.2, 0.25) is 0 Å². The van der Waals surface area contributed by atoms with Crippen LogP contribution in [0.25, 0.3) is 0 Å². The van der Waals surface area contributed by atoms with E-state index in [9.17, 15) is 9.18 Å². The van der Waals surface area contributed by atoms with Crippen molar-refractivity contribution >= 4 is 5.91 Å². The number of para-hydroxylation sites is 2. The highest BCUT2D eigenvalue weighted by atomic mass is 19.1. The van der Waals surface area contributed by atoms with E-state index < -0.39 is 0 Å². The van der Waals surface area contributed by atoms with E-state index in [1.807, 2.05) is 25.1 Å². The van der Waals surface area contributed by atoms with E-state index in [4.69, 9.17) is 14.2 Å². The van der Waals surface area contributed by atoms with Crippen LogP contribution in [0.5, 0.6) is 11.5 Å². The van der Waals surface area contributed by atoms with Gasteiger partial charge in [-0.25, -0.2) is 4.39 Å². The Morgan fingerprint density at radius 2 is 1.85 bits per heavy atom. The highest BCUT2D eigenvalue weighted by Crippen LogP contribution is 2.27. The van der Waals surface area contributed by atoms with Crippen LogP contribution in [0.1, 0.15) is 18.6 Å². The van der Waals surface area contributed by atoms with Gasteiger partial charge in [0.25, 0.3) is 5.91 Å². The predicted octanol–water partition coefficient (Wildman–Crippen LogP) is 3.20. The van der Waals surface area contributed by atoms with Crippen molar-refractivity contribution < 1.29 is 23.4 Å². The Hall–Kier alpha value is -2.60. The Balaban J connectivity index is 1.58. The van der Waals surface area contributed by atoms with E-state index >= 15 is 0 Å². The highest BCUT2D eigenvalue weighted by Gasteiger charge is 2.25. The third-order valence-corrected chi connectivity index (χ3v) is 4.16. The topological polar surface area (TPSA) is 48.0 Å². The SMILES string of the molecule is CCOc1ccccc1OCC(=O)N1CCOC(c2ccc(F)cc2)C1. The number of ether oxygens (including phenoxy) is 3. The molecule has 1 heterocycles. The summed E-state index contributed by atoms with van der Waals surface area (Å²) in [5.74, 6) is 0.755. The van der Waals surface area contributed by atoms with Gasteiger partial charge >= 0.3 is 0 Å². The summed E-state index contributed by atoms with van der Waals surface area (Å²) in [4.78, 5) is 14.2. The molecule has 1 fully saturated rings. The number of amides is 1. The fraction of sp³-hybridized carbons (Fsp3) is 0.350. The van der Waals surface area contributed by atoms with Crippen LogP contribution >= 0.6 is 0 Å². The summed E-state index contributed by atoms with van der Waals surface area (Å²) in [6, 6.07) is 13.4. The number of hydrogen-bond donors (Lipinski definition) is 0. The Kier molecular flexibility index (Phi) is 6.07. The molecule has 5 nitrogen and oxygen atoms in total. The van der Waals surface area contributed by atoms with Gasteiger partial charge in [0.1, 0.15) is 11.9 Å². The van der Waals surface area contributed by atoms with Gasteiger partial charge in [0.05, 0.1) is 19.8 Å². The number of halogens is 1. The molecule has 138 valence electrons. The zero-order valence-corrected chi connectivity index (χ0v) is 14.7. The molecule has 0 spiro atoms. The minimum atomic E-state index is -0.293. The summed E-state index contributed by atoms with van der Waals surface area (Å²) >= 11 is 0. The Morgan fingerprint density at radius 1 is 1.15 bits per heavy atom. The normalized spacial score (nSPS) is 17.0. The Bertz CT molecular complexity index is 735. The van der Waals surface area contributed by atoms with Crippen LogP contribution in [0.4, 0.5) is 4.39 Å². The molecule has 0 radical (unpaired) electrons. The Morgan fingerprint density at radius 3 is 2.54 bits per heavy atom. The fourth-order valence-corrected chi connectivity index (χ4v) is 2.83. The molecule has 0 N–H and O–H groups in total. The lowest BCUT2D eigenvalue weighted by atomic mass is 10.1. The lowest BCUT2D eigenvalue weighted by Crippen LogP contribution is -2.44. The number of morpholine rings is 1. The summed E-state index contributed by atoms with van der Waals surface area (Å²) in [6.45, 7) is 3.71. The zero-order chi connectivity index (χ0) is 18.4. The van der Waals surface area contributed by atoms with Gasteiger partial charge in [-0.3, -0.25) is 4.79 Å². The quantitative estimate of drug-likeness (QED) is 0.795. The first kappa shape index (κ1) is 18.2. The molecule has 1 amide bonds. The maximum atomic E-state index is 13.1. The molecule has 1 unspecified atom stereocenters. The van der Waals surface area contributed by atoms with E-state index in [1.54, 1.807) is 23.1 Å². The molecule has 0 aliphatic carbocycles. The van der Waals surface area contributed by atoms with Crippen molar-refractivity contribution in [3.63, 3.8) is 0 Å². The summed E-state index contributed by atoms with van der Waals surface area (Å²) < 4.78 is 30.0. The fourth-order valence-electron chi connectivity index (χ4n) is 2.83. The maximum Gasteiger partial charge on any atom is 0.260 e. The third-order valence-electron chi connectivity index (χ3n) is 4.16. The lowest BCUT2D eigenvalue weighted by molar-refractivity contribution is -0.141. The molecule has 1 atom stereocenters. The molecule has 1 aliphatic heterocycles.